The normalized spacial score (nSPS) is 33.9. The molecule has 4 aliphatic heterocycles. The van der Waals surface area contributed by atoms with Crippen LogP contribution in [0.2, 0.25) is 0 Å². The molecule has 4 fully saturated rings. The molecule has 0 aliphatic carbocycles. The van der Waals surface area contributed by atoms with Crippen molar-refractivity contribution in [3.05, 3.63) is 71.8 Å². The molecule has 6 rings (SSSR count). The molecule has 2 N–H and O–H groups in total. The smallest absolute Gasteiger partial charge is 0.324 e. The summed E-state index contributed by atoms with van der Waals surface area (Å²) in [6, 6.07) is 18.9. The maximum Gasteiger partial charge on any atom is 0.324 e. The van der Waals surface area contributed by atoms with E-state index in [4.69, 9.17) is 9.47 Å². The first-order chi connectivity index (χ1) is 14.6. The van der Waals surface area contributed by atoms with Crippen molar-refractivity contribution < 1.29 is 19.1 Å². The van der Waals surface area contributed by atoms with E-state index in [1.807, 2.05) is 60.7 Å². The summed E-state index contributed by atoms with van der Waals surface area (Å²) in [4.78, 5) is 30.3. The van der Waals surface area contributed by atoms with E-state index in [0.29, 0.717) is 26.3 Å². The van der Waals surface area contributed by atoms with Crippen LogP contribution in [0, 0.1) is 0 Å². The molecule has 0 bridgehead atoms. The van der Waals surface area contributed by atoms with Gasteiger partial charge in [-0.05, 0) is 0 Å². The predicted octanol–water partition coefficient (Wildman–Crippen LogP) is 1.54. The molecule has 4 unspecified atom stereocenters. The van der Waals surface area contributed by atoms with E-state index in [2.05, 4.69) is 10.6 Å². The van der Waals surface area contributed by atoms with Crippen LogP contribution in [0.4, 0.5) is 9.59 Å². The van der Waals surface area contributed by atoms with Crippen molar-refractivity contribution in [2.45, 2.75) is 23.5 Å². The standard InChI is InChI=1S/C22H22N4O4/c27-19-23-21(15-7-3-1-4-8-15)22(24-19,16-9-5-2-6-10-16)26(12-18-14-30-18)20(28)25(21)11-17-13-29-17/h1-10,17-18H,11-14H2,(H2,23,24,27). The van der Waals surface area contributed by atoms with Crippen LogP contribution < -0.4 is 10.6 Å². The minimum Gasteiger partial charge on any atom is -0.371 e. The van der Waals surface area contributed by atoms with Crippen LogP contribution in [0.5, 0.6) is 0 Å². The molecule has 4 saturated heterocycles. The molecular formula is C22H22N4O4. The number of amides is 4. The fourth-order valence-electron chi connectivity index (χ4n) is 4.92. The summed E-state index contributed by atoms with van der Waals surface area (Å²) in [5.74, 6) is 0. The Labute approximate surface area is 173 Å². The van der Waals surface area contributed by atoms with Crippen LogP contribution in [-0.4, -0.2) is 60.4 Å². The van der Waals surface area contributed by atoms with Gasteiger partial charge in [-0.25, -0.2) is 9.59 Å². The zero-order chi connectivity index (χ0) is 20.3. The number of nitrogens with one attached hydrogen (secondary N) is 2. The van der Waals surface area contributed by atoms with Crippen molar-refractivity contribution in [3.63, 3.8) is 0 Å². The van der Waals surface area contributed by atoms with Crippen molar-refractivity contribution in [2.24, 2.45) is 0 Å². The lowest BCUT2D eigenvalue weighted by molar-refractivity contribution is 0.0349. The molecule has 0 aromatic heterocycles. The lowest BCUT2D eigenvalue weighted by Gasteiger charge is -2.44. The number of nitrogens with zero attached hydrogens (tertiary/aromatic N) is 2. The fourth-order valence-corrected chi connectivity index (χ4v) is 4.92. The van der Waals surface area contributed by atoms with E-state index in [0.717, 1.165) is 11.1 Å². The first kappa shape index (κ1) is 17.7. The average molecular weight is 406 g/mol. The number of ether oxygens (including phenoxy) is 2. The Kier molecular flexibility index (Phi) is 3.66. The van der Waals surface area contributed by atoms with E-state index < -0.39 is 11.3 Å². The quantitative estimate of drug-likeness (QED) is 0.713. The Hall–Kier alpha value is -3.10. The second-order valence-corrected chi connectivity index (χ2v) is 8.15. The Morgan fingerprint density at radius 3 is 1.53 bits per heavy atom. The van der Waals surface area contributed by atoms with Crippen molar-refractivity contribution in [3.8, 4) is 0 Å². The van der Waals surface area contributed by atoms with Gasteiger partial charge in [-0.3, -0.25) is 9.80 Å². The molecule has 4 heterocycles. The van der Waals surface area contributed by atoms with Gasteiger partial charge in [0.05, 0.1) is 38.5 Å². The topological polar surface area (TPSA) is 89.7 Å². The molecular weight excluding hydrogens is 384 g/mol. The van der Waals surface area contributed by atoms with Gasteiger partial charge in [0, 0.05) is 11.1 Å². The van der Waals surface area contributed by atoms with E-state index in [9.17, 15) is 9.59 Å². The molecule has 2 aromatic carbocycles. The molecule has 30 heavy (non-hydrogen) atoms. The summed E-state index contributed by atoms with van der Waals surface area (Å²) >= 11 is 0. The van der Waals surface area contributed by atoms with E-state index in [-0.39, 0.29) is 24.3 Å². The number of hydrogen-bond donors (Lipinski definition) is 2. The Balaban J connectivity index is 1.62. The zero-order valence-corrected chi connectivity index (χ0v) is 16.3. The third kappa shape index (κ3) is 2.34. The molecule has 154 valence electrons. The number of hydrogen-bond acceptors (Lipinski definition) is 4. The van der Waals surface area contributed by atoms with Gasteiger partial charge in [0.1, 0.15) is 0 Å². The van der Waals surface area contributed by atoms with E-state index >= 15 is 0 Å². The van der Waals surface area contributed by atoms with Crippen LogP contribution in [-0.2, 0) is 20.8 Å². The molecule has 0 saturated carbocycles. The van der Waals surface area contributed by atoms with Crippen LogP contribution in [0.15, 0.2) is 60.7 Å². The van der Waals surface area contributed by atoms with Gasteiger partial charge >= 0.3 is 12.1 Å². The number of rotatable bonds is 6. The second kappa shape index (κ2) is 6.20. The summed E-state index contributed by atoms with van der Waals surface area (Å²) < 4.78 is 10.9. The molecule has 4 atom stereocenters. The molecule has 8 nitrogen and oxygen atoms in total. The predicted molar refractivity (Wildman–Crippen MR) is 106 cm³/mol. The molecule has 4 amide bonds. The van der Waals surface area contributed by atoms with Gasteiger partial charge in [-0.1, -0.05) is 60.7 Å². The van der Waals surface area contributed by atoms with Crippen LogP contribution in [0.3, 0.4) is 0 Å². The van der Waals surface area contributed by atoms with Gasteiger partial charge < -0.3 is 20.1 Å². The first-order valence-electron chi connectivity index (χ1n) is 10.2. The summed E-state index contributed by atoms with van der Waals surface area (Å²) in [6.45, 7) is 2.01. The SMILES string of the molecule is O=C1NC2(c3ccccc3)N(CC3CO3)C(=O)N(CC3CO3)C2(c2ccccc2)N1. The van der Waals surface area contributed by atoms with Gasteiger partial charge in [-0.15, -0.1) is 0 Å². The Morgan fingerprint density at radius 1 is 0.767 bits per heavy atom. The van der Waals surface area contributed by atoms with Gasteiger partial charge in [0.2, 0.25) is 0 Å². The summed E-state index contributed by atoms with van der Waals surface area (Å²) in [7, 11) is 0. The van der Waals surface area contributed by atoms with Crippen molar-refractivity contribution in [1.82, 2.24) is 20.4 Å². The van der Waals surface area contributed by atoms with Crippen molar-refractivity contribution in [2.75, 3.05) is 26.3 Å². The van der Waals surface area contributed by atoms with Crippen LogP contribution in [0.1, 0.15) is 11.1 Å². The molecule has 0 radical (unpaired) electrons. The number of fused-ring (bicyclic) bond motifs is 1. The lowest BCUT2D eigenvalue weighted by atomic mass is 9.81. The van der Waals surface area contributed by atoms with Crippen LogP contribution >= 0.6 is 0 Å². The molecule has 4 aliphatic rings. The maximum atomic E-state index is 13.9. The van der Waals surface area contributed by atoms with E-state index in [1.54, 1.807) is 9.80 Å². The Bertz CT molecular complexity index is 917. The van der Waals surface area contributed by atoms with Crippen molar-refractivity contribution >= 4 is 12.1 Å². The lowest BCUT2D eigenvalue weighted by Crippen LogP contribution is -2.63. The first-order valence-corrected chi connectivity index (χ1v) is 10.2. The summed E-state index contributed by atoms with van der Waals surface area (Å²) in [5, 5.41) is 6.28. The monoisotopic (exact) mass is 406 g/mol. The molecule has 2 aromatic rings. The number of epoxide rings is 2. The minimum atomic E-state index is -1.12. The number of benzene rings is 2. The van der Waals surface area contributed by atoms with Gasteiger partial charge in [-0.2, -0.15) is 0 Å². The highest BCUT2D eigenvalue weighted by Crippen LogP contribution is 2.54. The summed E-state index contributed by atoms with van der Waals surface area (Å²) in [6.07, 6.45) is -0.0599. The average Bonchev–Trinajstić information content (AvgIpc) is 3.70. The van der Waals surface area contributed by atoms with Crippen LogP contribution in [0.25, 0.3) is 0 Å². The highest BCUT2D eigenvalue weighted by Gasteiger charge is 2.74. The second-order valence-electron chi connectivity index (χ2n) is 8.15. The Morgan fingerprint density at radius 2 is 1.17 bits per heavy atom. The fraction of sp³-hybridized carbons (Fsp3) is 0.364. The van der Waals surface area contributed by atoms with Gasteiger partial charge in [0.25, 0.3) is 0 Å². The van der Waals surface area contributed by atoms with E-state index in [1.165, 1.54) is 0 Å². The molecule has 0 spiro atoms. The highest BCUT2D eigenvalue weighted by atomic mass is 16.6. The number of urea groups is 2. The minimum absolute atomic E-state index is 0.0300. The largest absolute Gasteiger partial charge is 0.371 e. The number of carbonyl (C=O) groups excluding carboxylic acids is 2. The maximum absolute atomic E-state index is 13.9. The number of carbonyl (C=O) groups is 2. The molecule has 8 heteroatoms. The highest BCUT2D eigenvalue weighted by molar-refractivity contribution is 5.89. The van der Waals surface area contributed by atoms with Gasteiger partial charge in [0.15, 0.2) is 11.3 Å². The van der Waals surface area contributed by atoms with Crippen molar-refractivity contribution in [1.29, 1.82) is 0 Å². The third-order valence-electron chi connectivity index (χ3n) is 6.34. The third-order valence-corrected chi connectivity index (χ3v) is 6.34. The zero-order valence-electron chi connectivity index (χ0n) is 16.3. The summed E-state index contributed by atoms with van der Waals surface area (Å²) in [5.41, 5.74) is -0.573.